The standard InChI is InChI=1S/C8H16BrNO3S/c1-10(5-4-9)14(11,12)7-8-3-2-6-13-8/h8H,2-7H2,1H3. The fraction of sp³-hybridized carbons (Fsp3) is 1.00. The van der Waals surface area contributed by atoms with Crippen LogP contribution < -0.4 is 0 Å². The summed E-state index contributed by atoms with van der Waals surface area (Å²) < 4.78 is 30.1. The lowest BCUT2D eigenvalue weighted by molar-refractivity contribution is 0.126. The summed E-state index contributed by atoms with van der Waals surface area (Å²) in [6.07, 6.45) is 1.74. The molecular weight excluding hydrogens is 270 g/mol. The number of alkyl halides is 1. The van der Waals surface area contributed by atoms with Crippen molar-refractivity contribution in [2.75, 3.05) is 31.3 Å². The van der Waals surface area contributed by atoms with E-state index in [2.05, 4.69) is 15.9 Å². The summed E-state index contributed by atoms with van der Waals surface area (Å²) in [6, 6.07) is 0. The molecule has 14 heavy (non-hydrogen) atoms. The predicted octanol–water partition coefficient (Wildman–Crippen LogP) is 0.822. The summed E-state index contributed by atoms with van der Waals surface area (Å²) in [7, 11) is -1.52. The first-order valence-corrected chi connectivity index (χ1v) is 7.41. The number of ether oxygens (including phenoxy) is 1. The molecule has 0 spiro atoms. The minimum absolute atomic E-state index is 0.0993. The van der Waals surface area contributed by atoms with E-state index in [0.717, 1.165) is 12.8 Å². The number of nitrogens with zero attached hydrogens (tertiary/aromatic N) is 1. The van der Waals surface area contributed by atoms with Gasteiger partial charge in [0.15, 0.2) is 0 Å². The molecule has 0 bridgehead atoms. The van der Waals surface area contributed by atoms with Gasteiger partial charge in [0.25, 0.3) is 0 Å². The van der Waals surface area contributed by atoms with Gasteiger partial charge in [0, 0.05) is 25.5 Å². The summed E-state index contributed by atoms with van der Waals surface area (Å²) in [4.78, 5) is 0. The van der Waals surface area contributed by atoms with Crippen LogP contribution in [0.4, 0.5) is 0 Å². The molecule has 1 heterocycles. The third-order valence-corrected chi connectivity index (χ3v) is 4.57. The Hall–Kier alpha value is 0.350. The van der Waals surface area contributed by atoms with Gasteiger partial charge in [-0.05, 0) is 12.8 Å². The first-order chi connectivity index (χ1) is 6.56. The maximum Gasteiger partial charge on any atom is 0.216 e. The second-order valence-electron chi connectivity index (χ2n) is 3.42. The van der Waals surface area contributed by atoms with Crippen molar-refractivity contribution in [1.82, 2.24) is 4.31 Å². The van der Waals surface area contributed by atoms with Crippen molar-refractivity contribution in [1.29, 1.82) is 0 Å². The Morgan fingerprint density at radius 1 is 1.57 bits per heavy atom. The summed E-state index contributed by atoms with van der Waals surface area (Å²) in [5.74, 6) is 0.122. The molecule has 1 saturated heterocycles. The Kier molecular flexibility index (Phi) is 4.82. The highest BCUT2D eigenvalue weighted by atomic mass is 79.9. The fourth-order valence-corrected chi connectivity index (χ4v) is 3.52. The quantitative estimate of drug-likeness (QED) is 0.703. The van der Waals surface area contributed by atoms with Crippen molar-refractivity contribution in [3.63, 3.8) is 0 Å². The summed E-state index contributed by atoms with van der Waals surface area (Å²) in [5.41, 5.74) is 0. The van der Waals surface area contributed by atoms with Crippen molar-refractivity contribution in [3.8, 4) is 0 Å². The Morgan fingerprint density at radius 2 is 2.29 bits per heavy atom. The molecule has 0 aromatic carbocycles. The number of halogens is 1. The first-order valence-electron chi connectivity index (χ1n) is 4.68. The van der Waals surface area contributed by atoms with E-state index in [4.69, 9.17) is 4.74 Å². The molecular formula is C8H16BrNO3S. The minimum Gasteiger partial charge on any atom is -0.377 e. The maximum atomic E-state index is 11.7. The van der Waals surface area contributed by atoms with Crippen molar-refractivity contribution in [2.45, 2.75) is 18.9 Å². The SMILES string of the molecule is CN(CCBr)S(=O)(=O)CC1CCCO1. The van der Waals surface area contributed by atoms with E-state index in [0.29, 0.717) is 18.5 Å². The molecule has 0 aliphatic carbocycles. The van der Waals surface area contributed by atoms with E-state index in [1.807, 2.05) is 0 Å². The molecule has 0 amide bonds. The minimum atomic E-state index is -3.13. The van der Waals surface area contributed by atoms with Gasteiger partial charge in [0.2, 0.25) is 10.0 Å². The van der Waals surface area contributed by atoms with Crippen molar-refractivity contribution in [2.24, 2.45) is 0 Å². The van der Waals surface area contributed by atoms with Gasteiger partial charge in [0.1, 0.15) is 0 Å². The number of sulfonamides is 1. The summed E-state index contributed by atoms with van der Waals surface area (Å²) in [6.45, 7) is 1.21. The van der Waals surface area contributed by atoms with Gasteiger partial charge < -0.3 is 4.74 Å². The van der Waals surface area contributed by atoms with Crippen LogP contribution in [0.1, 0.15) is 12.8 Å². The molecule has 1 rings (SSSR count). The van der Waals surface area contributed by atoms with Gasteiger partial charge in [-0.1, -0.05) is 15.9 Å². The molecule has 1 fully saturated rings. The van der Waals surface area contributed by atoms with E-state index < -0.39 is 10.0 Å². The topological polar surface area (TPSA) is 46.6 Å². The van der Waals surface area contributed by atoms with Crippen LogP contribution in [0.25, 0.3) is 0 Å². The lowest BCUT2D eigenvalue weighted by Gasteiger charge is -2.18. The van der Waals surface area contributed by atoms with Crippen LogP contribution in [0, 0.1) is 0 Å². The molecule has 0 aromatic heterocycles. The first kappa shape index (κ1) is 12.4. The molecule has 84 valence electrons. The van der Waals surface area contributed by atoms with E-state index in [1.165, 1.54) is 4.31 Å². The Labute approximate surface area is 93.8 Å². The largest absolute Gasteiger partial charge is 0.377 e. The zero-order valence-corrected chi connectivity index (χ0v) is 10.7. The van der Waals surface area contributed by atoms with Gasteiger partial charge in [-0.3, -0.25) is 0 Å². The van der Waals surface area contributed by atoms with Gasteiger partial charge in [-0.2, -0.15) is 0 Å². The smallest absolute Gasteiger partial charge is 0.216 e. The molecule has 0 radical (unpaired) electrons. The maximum absolute atomic E-state index is 11.7. The van der Waals surface area contributed by atoms with Crippen LogP contribution in [0.5, 0.6) is 0 Å². The lowest BCUT2D eigenvalue weighted by Crippen LogP contribution is -2.34. The molecule has 0 N–H and O–H groups in total. The second kappa shape index (κ2) is 5.44. The van der Waals surface area contributed by atoms with Crippen LogP contribution >= 0.6 is 15.9 Å². The van der Waals surface area contributed by atoms with Crippen LogP contribution in [0.3, 0.4) is 0 Å². The van der Waals surface area contributed by atoms with E-state index in [-0.39, 0.29) is 11.9 Å². The molecule has 1 unspecified atom stereocenters. The van der Waals surface area contributed by atoms with Crippen LogP contribution in [0.2, 0.25) is 0 Å². The monoisotopic (exact) mass is 285 g/mol. The average Bonchev–Trinajstić information content (AvgIpc) is 2.56. The van der Waals surface area contributed by atoms with Crippen LogP contribution in [-0.2, 0) is 14.8 Å². The Bertz CT molecular complexity index is 262. The zero-order chi connectivity index (χ0) is 10.6. The van der Waals surface area contributed by atoms with E-state index >= 15 is 0 Å². The predicted molar refractivity (Wildman–Crippen MR) is 59.2 cm³/mol. The summed E-state index contributed by atoms with van der Waals surface area (Å²) >= 11 is 3.22. The van der Waals surface area contributed by atoms with Crippen molar-refractivity contribution in [3.05, 3.63) is 0 Å². The lowest BCUT2D eigenvalue weighted by atomic mass is 10.3. The third-order valence-electron chi connectivity index (χ3n) is 2.29. The van der Waals surface area contributed by atoms with Gasteiger partial charge in [0.05, 0.1) is 11.9 Å². The van der Waals surface area contributed by atoms with Gasteiger partial charge >= 0.3 is 0 Å². The van der Waals surface area contributed by atoms with Gasteiger partial charge in [-0.25, -0.2) is 12.7 Å². The fourth-order valence-electron chi connectivity index (χ4n) is 1.40. The van der Waals surface area contributed by atoms with E-state index in [1.54, 1.807) is 7.05 Å². The van der Waals surface area contributed by atoms with Crippen molar-refractivity contribution >= 4 is 26.0 Å². The third kappa shape index (κ3) is 3.49. The second-order valence-corrected chi connectivity index (χ2v) is 6.34. The normalized spacial score (nSPS) is 23.2. The molecule has 4 nitrogen and oxygen atoms in total. The molecule has 1 atom stereocenters. The average molecular weight is 286 g/mol. The Morgan fingerprint density at radius 3 is 2.79 bits per heavy atom. The number of hydrogen-bond donors (Lipinski definition) is 0. The number of hydrogen-bond acceptors (Lipinski definition) is 3. The van der Waals surface area contributed by atoms with E-state index in [9.17, 15) is 8.42 Å². The highest BCUT2D eigenvalue weighted by Gasteiger charge is 2.25. The molecule has 1 aliphatic heterocycles. The van der Waals surface area contributed by atoms with Crippen molar-refractivity contribution < 1.29 is 13.2 Å². The molecule has 0 aromatic rings. The van der Waals surface area contributed by atoms with Crippen LogP contribution in [0.15, 0.2) is 0 Å². The zero-order valence-electron chi connectivity index (χ0n) is 8.28. The highest BCUT2D eigenvalue weighted by Crippen LogP contribution is 2.15. The summed E-state index contributed by atoms with van der Waals surface area (Å²) in [5, 5.41) is 0.661. The Balaban J connectivity index is 2.47. The molecule has 0 saturated carbocycles. The number of rotatable bonds is 5. The van der Waals surface area contributed by atoms with Gasteiger partial charge in [-0.15, -0.1) is 0 Å². The highest BCUT2D eigenvalue weighted by molar-refractivity contribution is 9.09. The molecule has 6 heteroatoms. The van der Waals surface area contributed by atoms with Crippen LogP contribution in [-0.4, -0.2) is 50.1 Å². The molecule has 1 aliphatic rings.